The van der Waals surface area contributed by atoms with Gasteiger partial charge in [0, 0.05) is 37.0 Å². The minimum atomic E-state index is -1.08. The average Bonchev–Trinajstić information content (AvgIpc) is 3.64. The standard InChI is InChI=1S/C42H64FN5O6S/c1-9-28(6)37(46-39(51)34-15-11-12-20-47(34)8)41(52)48(21-13-10-14-26(2)3)35(27(4)5)24-36(49)40-45-33(25-55-40)38(50)44-32(22-29(7)42(53)54)23-30-16-18-31(43)19-17-30/h11-12,16-19,25-29,32,34-37,49H,9-10,13-15,20-24H2,1-8H3,(H,44,50)(H,46,51)(H,53,54)/t28-,29-,32+,34+,35+,36+,37-/m0/s1. The largest absolute Gasteiger partial charge is 0.481 e. The van der Waals surface area contributed by atoms with Crippen LogP contribution in [0.5, 0.6) is 0 Å². The van der Waals surface area contributed by atoms with Gasteiger partial charge in [-0.25, -0.2) is 9.37 Å². The van der Waals surface area contributed by atoms with Gasteiger partial charge in [0.1, 0.15) is 28.7 Å². The van der Waals surface area contributed by atoms with Gasteiger partial charge in [-0.3, -0.25) is 24.1 Å². The van der Waals surface area contributed by atoms with Crippen molar-refractivity contribution in [3.63, 3.8) is 0 Å². The van der Waals surface area contributed by atoms with Gasteiger partial charge >= 0.3 is 5.97 Å². The molecule has 0 spiro atoms. The van der Waals surface area contributed by atoms with Crippen molar-refractivity contribution in [2.24, 2.45) is 23.7 Å². The van der Waals surface area contributed by atoms with Crippen LogP contribution in [0.15, 0.2) is 41.8 Å². The molecule has 3 amide bonds. The maximum Gasteiger partial charge on any atom is 0.306 e. The summed E-state index contributed by atoms with van der Waals surface area (Å²) in [5.41, 5.74) is 0.839. The number of nitrogens with one attached hydrogen (secondary N) is 2. The molecule has 2 heterocycles. The summed E-state index contributed by atoms with van der Waals surface area (Å²) in [6.45, 7) is 15.1. The molecular formula is C42H64FN5O6S. The van der Waals surface area contributed by atoms with E-state index in [0.29, 0.717) is 43.3 Å². The van der Waals surface area contributed by atoms with Crippen LogP contribution in [0.2, 0.25) is 0 Å². The minimum Gasteiger partial charge on any atom is -0.481 e. The number of benzene rings is 1. The molecule has 0 radical (unpaired) electrons. The molecule has 0 unspecified atom stereocenters. The molecule has 2 aromatic rings. The van der Waals surface area contributed by atoms with Crippen LogP contribution in [0, 0.1) is 29.5 Å². The van der Waals surface area contributed by atoms with Gasteiger partial charge in [0.2, 0.25) is 11.8 Å². The summed E-state index contributed by atoms with van der Waals surface area (Å²) in [5, 5.41) is 29.1. The first-order chi connectivity index (χ1) is 26.0. The Morgan fingerprint density at radius 2 is 1.71 bits per heavy atom. The Morgan fingerprint density at radius 1 is 1.02 bits per heavy atom. The van der Waals surface area contributed by atoms with Crippen LogP contribution >= 0.6 is 11.3 Å². The molecule has 0 saturated carbocycles. The zero-order valence-electron chi connectivity index (χ0n) is 34.0. The van der Waals surface area contributed by atoms with E-state index in [4.69, 9.17) is 0 Å². The number of aliphatic carboxylic acids is 1. The van der Waals surface area contributed by atoms with Crippen LogP contribution in [0.3, 0.4) is 0 Å². The van der Waals surface area contributed by atoms with Crippen molar-refractivity contribution in [2.75, 3.05) is 20.1 Å². The molecule has 306 valence electrons. The number of aliphatic hydroxyl groups excluding tert-OH is 1. The van der Waals surface area contributed by atoms with Crippen LogP contribution in [0.4, 0.5) is 4.39 Å². The summed E-state index contributed by atoms with van der Waals surface area (Å²) < 4.78 is 13.5. The maximum absolute atomic E-state index is 14.7. The molecular weight excluding hydrogens is 722 g/mol. The number of hydrogen-bond donors (Lipinski definition) is 4. The molecule has 0 saturated heterocycles. The number of nitrogens with zero attached hydrogens (tertiary/aromatic N) is 3. The first-order valence-electron chi connectivity index (χ1n) is 19.9. The third-order valence-electron chi connectivity index (χ3n) is 10.7. The van der Waals surface area contributed by atoms with E-state index in [1.54, 1.807) is 24.4 Å². The lowest BCUT2D eigenvalue weighted by Gasteiger charge is -2.39. The Kier molecular flexibility index (Phi) is 18.4. The second kappa shape index (κ2) is 22.2. The van der Waals surface area contributed by atoms with Gasteiger partial charge < -0.3 is 25.7 Å². The van der Waals surface area contributed by atoms with Crippen molar-refractivity contribution < 1.29 is 33.8 Å². The van der Waals surface area contributed by atoms with Crippen molar-refractivity contribution >= 4 is 35.0 Å². The van der Waals surface area contributed by atoms with Crippen molar-refractivity contribution in [1.82, 2.24) is 25.4 Å². The van der Waals surface area contributed by atoms with E-state index in [-0.39, 0.29) is 54.3 Å². The van der Waals surface area contributed by atoms with Gasteiger partial charge in [-0.2, -0.15) is 0 Å². The number of hydrogen-bond acceptors (Lipinski definition) is 8. The molecule has 0 bridgehead atoms. The average molecular weight is 786 g/mol. The van der Waals surface area contributed by atoms with Crippen LogP contribution in [0.1, 0.15) is 121 Å². The Balaban J connectivity index is 1.83. The first-order valence-corrected chi connectivity index (χ1v) is 20.8. The van der Waals surface area contributed by atoms with Crippen molar-refractivity contribution in [3.8, 4) is 0 Å². The molecule has 0 aliphatic carbocycles. The number of aromatic nitrogens is 1. The molecule has 1 aliphatic rings. The van der Waals surface area contributed by atoms with E-state index in [9.17, 15) is 33.8 Å². The highest BCUT2D eigenvalue weighted by Gasteiger charge is 2.37. The summed E-state index contributed by atoms with van der Waals surface area (Å²) in [4.78, 5) is 61.7. The quantitative estimate of drug-likeness (QED) is 0.0768. The lowest BCUT2D eigenvalue weighted by Crippen LogP contribution is -2.58. The highest BCUT2D eigenvalue weighted by Crippen LogP contribution is 2.29. The summed E-state index contributed by atoms with van der Waals surface area (Å²) in [6, 6.07) is 3.81. The van der Waals surface area contributed by atoms with E-state index >= 15 is 0 Å². The predicted molar refractivity (Wildman–Crippen MR) is 215 cm³/mol. The Bertz CT molecular complexity index is 1570. The lowest BCUT2D eigenvalue weighted by molar-refractivity contribution is -0.142. The molecule has 1 aliphatic heterocycles. The fraction of sp³-hybridized carbons (Fsp3) is 0.643. The monoisotopic (exact) mass is 785 g/mol. The molecule has 0 fully saturated rings. The van der Waals surface area contributed by atoms with Gasteiger partial charge in [-0.05, 0) is 68.2 Å². The third kappa shape index (κ3) is 14.1. The fourth-order valence-electron chi connectivity index (χ4n) is 6.98. The number of likely N-dealkylation sites (N-methyl/N-ethyl adjacent to an activating group) is 1. The van der Waals surface area contributed by atoms with E-state index < -0.39 is 41.8 Å². The number of carboxylic acids is 1. The number of aliphatic hydroxyl groups is 1. The summed E-state index contributed by atoms with van der Waals surface area (Å²) >= 11 is 1.15. The Hall–Kier alpha value is -3.68. The van der Waals surface area contributed by atoms with Crippen LogP contribution in [0.25, 0.3) is 0 Å². The van der Waals surface area contributed by atoms with Crippen LogP contribution in [-0.2, 0) is 20.8 Å². The normalized spacial score (nSPS) is 18.0. The number of thiazole rings is 1. The zero-order chi connectivity index (χ0) is 40.8. The number of rotatable bonds is 22. The molecule has 13 heteroatoms. The van der Waals surface area contributed by atoms with E-state index in [2.05, 4.69) is 29.5 Å². The van der Waals surface area contributed by atoms with Crippen LogP contribution in [-0.4, -0.2) is 93.0 Å². The lowest BCUT2D eigenvalue weighted by atomic mass is 9.91. The number of unbranched alkanes of at least 4 members (excludes halogenated alkanes) is 1. The first kappa shape index (κ1) is 45.7. The van der Waals surface area contributed by atoms with E-state index in [1.165, 1.54) is 12.1 Å². The van der Waals surface area contributed by atoms with Crippen molar-refractivity contribution in [2.45, 2.75) is 130 Å². The molecule has 1 aromatic carbocycles. The zero-order valence-corrected chi connectivity index (χ0v) is 34.8. The summed E-state index contributed by atoms with van der Waals surface area (Å²) in [7, 11) is 1.91. The molecule has 3 rings (SSSR count). The molecule has 55 heavy (non-hydrogen) atoms. The predicted octanol–water partition coefficient (Wildman–Crippen LogP) is 6.63. The SMILES string of the molecule is CC[C@H](C)[C@H](NC(=O)[C@H]1CC=CCN1C)C(=O)N(CCCCC(C)C)[C@H](C[C@@H](O)c1nc(C(=O)N[C@@H](Cc2ccc(F)cc2)C[C@H](C)C(=O)O)cs1)C(C)C. The summed E-state index contributed by atoms with van der Waals surface area (Å²) in [6.07, 6.45) is 7.60. The second-order valence-corrected chi connectivity index (χ2v) is 17.0. The van der Waals surface area contributed by atoms with Gasteiger partial charge in [-0.1, -0.05) is 92.0 Å². The molecule has 7 atom stereocenters. The van der Waals surface area contributed by atoms with Gasteiger partial charge in [-0.15, -0.1) is 11.3 Å². The topological polar surface area (TPSA) is 152 Å². The number of carbonyl (C=O) groups excluding carboxylic acids is 3. The molecule has 11 nitrogen and oxygen atoms in total. The smallest absolute Gasteiger partial charge is 0.306 e. The van der Waals surface area contributed by atoms with E-state index in [0.717, 1.165) is 36.2 Å². The minimum absolute atomic E-state index is 0.0437. The Morgan fingerprint density at radius 3 is 2.31 bits per heavy atom. The highest BCUT2D eigenvalue weighted by molar-refractivity contribution is 7.09. The number of carbonyl (C=O) groups is 4. The summed E-state index contributed by atoms with van der Waals surface area (Å²) in [5.74, 6) is -2.59. The van der Waals surface area contributed by atoms with Crippen molar-refractivity contribution in [3.05, 3.63) is 63.9 Å². The second-order valence-electron chi connectivity index (χ2n) is 16.1. The molecule has 1 aromatic heterocycles. The van der Waals surface area contributed by atoms with Crippen LogP contribution < -0.4 is 10.6 Å². The van der Waals surface area contributed by atoms with Gasteiger partial charge in [0.25, 0.3) is 5.91 Å². The Labute approximate surface area is 331 Å². The fourth-order valence-corrected chi connectivity index (χ4v) is 7.78. The highest BCUT2D eigenvalue weighted by atomic mass is 32.1. The third-order valence-corrected chi connectivity index (χ3v) is 11.7. The van der Waals surface area contributed by atoms with Gasteiger partial charge in [0.05, 0.1) is 12.0 Å². The number of halogens is 1. The number of amides is 3. The number of carboxylic acid groups (broad SMARTS) is 1. The van der Waals surface area contributed by atoms with Gasteiger partial charge in [0.15, 0.2) is 0 Å². The van der Waals surface area contributed by atoms with Crippen molar-refractivity contribution in [1.29, 1.82) is 0 Å². The maximum atomic E-state index is 14.7. The molecule has 4 N–H and O–H groups in total. The van der Waals surface area contributed by atoms with E-state index in [1.807, 2.05) is 56.7 Å².